The van der Waals surface area contributed by atoms with Crippen molar-refractivity contribution in [1.82, 2.24) is 5.32 Å². The highest BCUT2D eigenvalue weighted by Gasteiger charge is 2.27. The summed E-state index contributed by atoms with van der Waals surface area (Å²) >= 11 is 0. The molecular weight excluding hydrogens is 222 g/mol. The summed E-state index contributed by atoms with van der Waals surface area (Å²) < 4.78 is 6.10. The standard InChI is InChI=1S/C16H21NO/c1-11-6-5-9-13-10-14(18-16(11)13)15(17-2)12-7-3-4-8-12/h5-6,9-10,12,15,17H,3-4,7-8H2,1-2H3. The predicted molar refractivity (Wildman–Crippen MR) is 74.7 cm³/mol. The SMILES string of the molecule is CNC(c1cc2cccc(C)c2o1)C1CCCC1. The summed E-state index contributed by atoms with van der Waals surface area (Å²) in [5.41, 5.74) is 2.27. The van der Waals surface area contributed by atoms with Gasteiger partial charge in [0, 0.05) is 5.39 Å². The lowest BCUT2D eigenvalue weighted by Crippen LogP contribution is -2.22. The van der Waals surface area contributed by atoms with E-state index in [1.54, 1.807) is 0 Å². The third kappa shape index (κ3) is 1.95. The van der Waals surface area contributed by atoms with Crippen LogP contribution in [0.4, 0.5) is 0 Å². The van der Waals surface area contributed by atoms with Gasteiger partial charge >= 0.3 is 0 Å². The molecule has 0 amide bonds. The highest BCUT2D eigenvalue weighted by atomic mass is 16.3. The van der Waals surface area contributed by atoms with Crippen molar-refractivity contribution < 1.29 is 4.42 Å². The Bertz CT molecular complexity index is 537. The van der Waals surface area contributed by atoms with Crippen molar-refractivity contribution in [2.45, 2.75) is 38.6 Å². The van der Waals surface area contributed by atoms with Gasteiger partial charge in [0.2, 0.25) is 0 Å². The highest BCUT2D eigenvalue weighted by Crippen LogP contribution is 2.37. The molecule has 0 saturated heterocycles. The Labute approximate surface area is 108 Å². The number of hydrogen-bond acceptors (Lipinski definition) is 2. The van der Waals surface area contributed by atoms with Gasteiger partial charge in [-0.25, -0.2) is 0 Å². The predicted octanol–water partition coefficient (Wildman–Crippen LogP) is 4.19. The third-order valence-electron chi connectivity index (χ3n) is 4.25. The molecule has 1 saturated carbocycles. The second kappa shape index (κ2) is 4.77. The summed E-state index contributed by atoms with van der Waals surface area (Å²) in [4.78, 5) is 0. The third-order valence-corrected chi connectivity index (χ3v) is 4.25. The van der Waals surface area contributed by atoms with Gasteiger partial charge in [0.05, 0.1) is 6.04 Å². The Morgan fingerprint density at radius 3 is 2.72 bits per heavy atom. The molecule has 1 aromatic carbocycles. The summed E-state index contributed by atoms with van der Waals surface area (Å²) in [5, 5.41) is 4.67. The first-order valence-corrected chi connectivity index (χ1v) is 6.96. The van der Waals surface area contributed by atoms with E-state index in [0.717, 1.165) is 17.3 Å². The number of fused-ring (bicyclic) bond motifs is 1. The molecule has 0 bridgehead atoms. The van der Waals surface area contributed by atoms with Crippen molar-refractivity contribution in [3.63, 3.8) is 0 Å². The molecule has 18 heavy (non-hydrogen) atoms. The zero-order valence-corrected chi connectivity index (χ0v) is 11.2. The van der Waals surface area contributed by atoms with Crippen LogP contribution >= 0.6 is 0 Å². The molecule has 96 valence electrons. The van der Waals surface area contributed by atoms with Crippen LogP contribution in [-0.2, 0) is 0 Å². The van der Waals surface area contributed by atoms with Crippen LogP contribution in [-0.4, -0.2) is 7.05 Å². The molecule has 1 unspecified atom stereocenters. The first-order chi connectivity index (χ1) is 8.79. The molecule has 1 atom stereocenters. The van der Waals surface area contributed by atoms with Crippen molar-refractivity contribution in [3.05, 3.63) is 35.6 Å². The van der Waals surface area contributed by atoms with E-state index in [1.807, 2.05) is 7.05 Å². The minimum absolute atomic E-state index is 0.374. The van der Waals surface area contributed by atoms with Crippen LogP contribution in [0.15, 0.2) is 28.7 Å². The second-order valence-corrected chi connectivity index (χ2v) is 5.45. The summed E-state index contributed by atoms with van der Waals surface area (Å²) in [6.07, 6.45) is 5.37. The van der Waals surface area contributed by atoms with Crippen molar-refractivity contribution >= 4 is 11.0 Å². The molecule has 2 aromatic rings. The largest absolute Gasteiger partial charge is 0.459 e. The molecule has 1 aromatic heterocycles. The molecule has 1 fully saturated rings. The number of furan rings is 1. The van der Waals surface area contributed by atoms with Crippen LogP contribution in [0, 0.1) is 12.8 Å². The van der Waals surface area contributed by atoms with Crippen LogP contribution in [0.25, 0.3) is 11.0 Å². The molecule has 2 heteroatoms. The molecule has 1 heterocycles. The monoisotopic (exact) mass is 243 g/mol. The lowest BCUT2D eigenvalue weighted by Gasteiger charge is -2.20. The van der Waals surface area contributed by atoms with Crippen LogP contribution in [0.3, 0.4) is 0 Å². The number of para-hydroxylation sites is 1. The Morgan fingerprint density at radius 1 is 1.28 bits per heavy atom. The lowest BCUT2D eigenvalue weighted by molar-refractivity contribution is 0.336. The zero-order valence-electron chi connectivity index (χ0n) is 11.2. The Hall–Kier alpha value is -1.28. The number of rotatable bonds is 3. The fourth-order valence-electron chi connectivity index (χ4n) is 3.28. The van der Waals surface area contributed by atoms with Crippen LogP contribution < -0.4 is 5.32 Å². The van der Waals surface area contributed by atoms with E-state index in [0.29, 0.717) is 6.04 Å². The zero-order chi connectivity index (χ0) is 12.5. The van der Waals surface area contributed by atoms with E-state index < -0.39 is 0 Å². The molecule has 1 aliphatic carbocycles. The number of benzene rings is 1. The van der Waals surface area contributed by atoms with E-state index in [9.17, 15) is 0 Å². The normalized spacial score (nSPS) is 18.6. The van der Waals surface area contributed by atoms with Crippen LogP contribution in [0.5, 0.6) is 0 Å². The van der Waals surface area contributed by atoms with Crippen molar-refractivity contribution in [2.24, 2.45) is 5.92 Å². The van der Waals surface area contributed by atoms with E-state index in [2.05, 4.69) is 36.5 Å². The smallest absolute Gasteiger partial charge is 0.137 e. The summed E-state index contributed by atoms with van der Waals surface area (Å²) in [6.45, 7) is 2.11. The van der Waals surface area contributed by atoms with Crippen molar-refractivity contribution in [3.8, 4) is 0 Å². The average Bonchev–Trinajstić information content (AvgIpc) is 3.00. The van der Waals surface area contributed by atoms with Gasteiger partial charge in [-0.05, 0) is 44.4 Å². The maximum absolute atomic E-state index is 6.10. The Balaban J connectivity index is 1.99. The molecule has 2 nitrogen and oxygen atoms in total. The van der Waals surface area contributed by atoms with Crippen molar-refractivity contribution in [2.75, 3.05) is 7.05 Å². The van der Waals surface area contributed by atoms with Crippen molar-refractivity contribution in [1.29, 1.82) is 0 Å². The van der Waals surface area contributed by atoms with Gasteiger partial charge in [-0.3, -0.25) is 0 Å². The van der Waals surface area contributed by atoms with E-state index in [1.165, 1.54) is 36.6 Å². The topological polar surface area (TPSA) is 25.2 Å². The minimum Gasteiger partial charge on any atom is -0.459 e. The minimum atomic E-state index is 0.374. The van der Waals surface area contributed by atoms with Gasteiger partial charge in [0.25, 0.3) is 0 Å². The first-order valence-electron chi connectivity index (χ1n) is 6.96. The maximum atomic E-state index is 6.10. The van der Waals surface area contributed by atoms with E-state index >= 15 is 0 Å². The molecule has 0 spiro atoms. The molecule has 3 rings (SSSR count). The Kier molecular flexibility index (Phi) is 3.13. The second-order valence-electron chi connectivity index (χ2n) is 5.45. The molecule has 0 aliphatic heterocycles. The number of aryl methyl sites for hydroxylation is 1. The maximum Gasteiger partial charge on any atom is 0.137 e. The fourth-order valence-corrected chi connectivity index (χ4v) is 3.28. The van der Waals surface area contributed by atoms with Gasteiger partial charge in [-0.1, -0.05) is 31.0 Å². The lowest BCUT2D eigenvalue weighted by atomic mass is 9.96. The summed E-state index contributed by atoms with van der Waals surface area (Å²) in [5.74, 6) is 1.84. The van der Waals surface area contributed by atoms with Gasteiger partial charge in [0.1, 0.15) is 11.3 Å². The van der Waals surface area contributed by atoms with Crippen LogP contribution in [0.2, 0.25) is 0 Å². The molecule has 1 N–H and O–H groups in total. The number of hydrogen-bond donors (Lipinski definition) is 1. The molecule has 1 aliphatic rings. The van der Waals surface area contributed by atoms with Gasteiger partial charge in [0.15, 0.2) is 0 Å². The quantitative estimate of drug-likeness (QED) is 0.874. The van der Waals surface area contributed by atoms with Gasteiger partial charge < -0.3 is 9.73 Å². The highest BCUT2D eigenvalue weighted by molar-refractivity contribution is 5.81. The fraction of sp³-hybridized carbons (Fsp3) is 0.500. The van der Waals surface area contributed by atoms with Gasteiger partial charge in [-0.15, -0.1) is 0 Å². The van der Waals surface area contributed by atoms with Crippen LogP contribution in [0.1, 0.15) is 43.0 Å². The average molecular weight is 243 g/mol. The van der Waals surface area contributed by atoms with Gasteiger partial charge in [-0.2, -0.15) is 0 Å². The molecular formula is C16H21NO. The first kappa shape index (κ1) is 11.8. The Morgan fingerprint density at radius 2 is 2.06 bits per heavy atom. The summed E-state index contributed by atoms with van der Waals surface area (Å²) in [6, 6.07) is 8.93. The molecule has 0 radical (unpaired) electrons. The van der Waals surface area contributed by atoms with E-state index in [4.69, 9.17) is 4.42 Å². The van der Waals surface area contributed by atoms with E-state index in [-0.39, 0.29) is 0 Å². The number of nitrogens with one attached hydrogen (secondary N) is 1. The summed E-state index contributed by atoms with van der Waals surface area (Å²) in [7, 11) is 2.04.